The van der Waals surface area contributed by atoms with Crippen LogP contribution in [0.5, 0.6) is 0 Å². The van der Waals surface area contributed by atoms with Gasteiger partial charge >= 0.3 is 0 Å². The Balaban J connectivity index is 0.00000338. The molecule has 0 bridgehead atoms. The summed E-state index contributed by atoms with van der Waals surface area (Å²) in [4.78, 5) is 10.6. The molecule has 146 valence electrons. The standard InChI is InChI=1S/C18H28BrN5S.HI/c1-6-20-18(24(5)13-15-10-14(19)12-23(15)4)21-11-16(22(2)3)17-8-7-9-25-17;/h7-10,12,16H,6,11,13H2,1-5H3,(H,20,21);1H. The van der Waals surface area contributed by atoms with E-state index in [9.17, 15) is 0 Å². The van der Waals surface area contributed by atoms with Crippen molar-refractivity contribution in [2.45, 2.75) is 19.5 Å². The third kappa shape index (κ3) is 6.54. The third-order valence-electron chi connectivity index (χ3n) is 4.08. The van der Waals surface area contributed by atoms with E-state index in [0.29, 0.717) is 6.04 Å². The maximum absolute atomic E-state index is 4.90. The first kappa shape index (κ1) is 23.5. The average molecular weight is 554 g/mol. The number of hydrogen-bond donors (Lipinski definition) is 1. The highest BCUT2D eigenvalue weighted by atomic mass is 127. The molecule has 2 rings (SSSR count). The van der Waals surface area contributed by atoms with E-state index >= 15 is 0 Å². The van der Waals surface area contributed by atoms with E-state index in [1.54, 1.807) is 11.3 Å². The van der Waals surface area contributed by atoms with Gasteiger partial charge in [-0.05, 0) is 54.5 Å². The number of likely N-dealkylation sites (N-methyl/N-ethyl adjacent to an activating group) is 1. The molecule has 0 aliphatic rings. The van der Waals surface area contributed by atoms with Crippen molar-refractivity contribution in [2.75, 3.05) is 34.2 Å². The molecule has 0 radical (unpaired) electrons. The molecule has 0 fully saturated rings. The molecule has 1 N–H and O–H groups in total. The molecule has 2 heterocycles. The molecule has 5 nitrogen and oxygen atoms in total. The van der Waals surface area contributed by atoms with Crippen LogP contribution in [0.2, 0.25) is 0 Å². The normalized spacial score (nSPS) is 12.8. The van der Waals surface area contributed by atoms with Crippen LogP contribution >= 0.6 is 51.2 Å². The van der Waals surface area contributed by atoms with E-state index in [1.165, 1.54) is 10.6 Å². The Morgan fingerprint density at radius 3 is 2.62 bits per heavy atom. The van der Waals surface area contributed by atoms with Gasteiger partial charge in [0.25, 0.3) is 0 Å². The van der Waals surface area contributed by atoms with E-state index in [4.69, 9.17) is 4.99 Å². The minimum atomic E-state index is 0. The largest absolute Gasteiger partial charge is 0.357 e. The number of aromatic nitrogens is 1. The van der Waals surface area contributed by atoms with Crippen molar-refractivity contribution in [3.63, 3.8) is 0 Å². The van der Waals surface area contributed by atoms with E-state index in [-0.39, 0.29) is 24.0 Å². The topological polar surface area (TPSA) is 35.8 Å². The number of nitrogens with one attached hydrogen (secondary N) is 1. The lowest BCUT2D eigenvalue weighted by molar-refractivity contribution is 0.309. The van der Waals surface area contributed by atoms with Crippen molar-refractivity contribution in [1.29, 1.82) is 0 Å². The number of hydrogen-bond acceptors (Lipinski definition) is 3. The summed E-state index contributed by atoms with van der Waals surface area (Å²) in [7, 11) is 8.37. The van der Waals surface area contributed by atoms with Gasteiger partial charge in [0.1, 0.15) is 0 Å². The molecule has 2 aromatic heterocycles. The second-order valence-electron chi connectivity index (χ2n) is 6.31. The van der Waals surface area contributed by atoms with E-state index in [0.717, 1.165) is 30.1 Å². The van der Waals surface area contributed by atoms with E-state index in [2.05, 4.69) is 101 Å². The number of rotatable bonds is 7. The first-order chi connectivity index (χ1) is 11.9. The number of aliphatic imine (C=N–C) groups is 1. The van der Waals surface area contributed by atoms with Gasteiger partial charge in [-0.15, -0.1) is 35.3 Å². The molecule has 0 aromatic carbocycles. The fourth-order valence-corrected chi connectivity index (χ4v) is 4.16. The molecule has 2 aromatic rings. The second-order valence-corrected chi connectivity index (χ2v) is 8.20. The lowest BCUT2D eigenvalue weighted by Gasteiger charge is -2.25. The summed E-state index contributed by atoms with van der Waals surface area (Å²) < 4.78 is 3.24. The molecular formula is C18H29BrIN5S. The zero-order valence-corrected chi connectivity index (χ0v) is 20.8. The number of thiophene rings is 1. The monoisotopic (exact) mass is 553 g/mol. The summed E-state index contributed by atoms with van der Waals surface area (Å²) in [5.74, 6) is 0.934. The van der Waals surface area contributed by atoms with Gasteiger partial charge in [-0.2, -0.15) is 0 Å². The fraction of sp³-hybridized carbons (Fsp3) is 0.500. The van der Waals surface area contributed by atoms with Gasteiger partial charge in [-0.3, -0.25) is 4.99 Å². The Labute approximate surface area is 186 Å². The van der Waals surface area contributed by atoms with Gasteiger partial charge in [0.05, 0.1) is 19.1 Å². The number of nitrogens with zero attached hydrogens (tertiary/aromatic N) is 4. The van der Waals surface area contributed by atoms with E-state index in [1.807, 2.05) is 0 Å². The second kappa shape index (κ2) is 11.3. The van der Waals surface area contributed by atoms with Crippen molar-refractivity contribution in [1.82, 2.24) is 19.7 Å². The van der Waals surface area contributed by atoms with Crippen LogP contribution in [0.15, 0.2) is 39.2 Å². The van der Waals surface area contributed by atoms with Crippen molar-refractivity contribution in [3.8, 4) is 0 Å². The van der Waals surface area contributed by atoms with Gasteiger partial charge < -0.3 is 19.7 Å². The first-order valence-corrected chi connectivity index (χ1v) is 10.1. The summed E-state index contributed by atoms with van der Waals surface area (Å²) in [5.41, 5.74) is 1.24. The zero-order valence-electron chi connectivity index (χ0n) is 16.1. The Morgan fingerprint density at radius 2 is 2.12 bits per heavy atom. The lowest BCUT2D eigenvalue weighted by atomic mass is 10.2. The van der Waals surface area contributed by atoms with Gasteiger partial charge in [0, 0.05) is 41.9 Å². The van der Waals surface area contributed by atoms with Crippen LogP contribution in [-0.4, -0.2) is 54.6 Å². The minimum Gasteiger partial charge on any atom is -0.357 e. The van der Waals surface area contributed by atoms with Crippen LogP contribution in [0.4, 0.5) is 0 Å². The van der Waals surface area contributed by atoms with Gasteiger partial charge in [-0.25, -0.2) is 0 Å². The highest BCUT2D eigenvalue weighted by molar-refractivity contribution is 14.0. The fourth-order valence-electron chi connectivity index (χ4n) is 2.67. The van der Waals surface area contributed by atoms with Crippen LogP contribution in [0.1, 0.15) is 23.5 Å². The molecule has 0 amide bonds. The summed E-state index contributed by atoms with van der Waals surface area (Å²) in [6, 6.07) is 6.73. The average Bonchev–Trinajstić information content (AvgIpc) is 3.16. The molecule has 1 atom stereocenters. The predicted octanol–water partition coefficient (Wildman–Crippen LogP) is 4.17. The summed E-state index contributed by atoms with van der Waals surface area (Å²) >= 11 is 5.33. The number of halogens is 2. The Hall–Kier alpha value is -0.580. The summed E-state index contributed by atoms with van der Waals surface area (Å²) in [6.07, 6.45) is 2.08. The van der Waals surface area contributed by atoms with Crippen LogP contribution < -0.4 is 5.32 Å². The maximum atomic E-state index is 4.90. The number of guanidine groups is 1. The maximum Gasteiger partial charge on any atom is 0.194 e. The smallest absolute Gasteiger partial charge is 0.194 e. The molecule has 0 saturated heterocycles. The number of aryl methyl sites for hydroxylation is 1. The van der Waals surface area contributed by atoms with Gasteiger partial charge in [0.2, 0.25) is 0 Å². The van der Waals surface area contributed by atoms with Crippen molar-refractivity contribution in [2.24, 2.45) is 12.0 Å². The molecule has 0 spiro atoms. The van der Waals surface area contributed by atoms with Crippen LogP contribution in [0, 0.1) is 0 Å². The molecule has 0 aliphatic carbocycles. The predicted molar refractivity (Wildman–Crippen MR) is 127 cm³/mol. The highest BCUT2D eigenvalue weighted by Gasteiger charge is 2.16. The first-order valence-electron chi connectivity index (χ1n) is 8.42. The SMILES string of the molecule is CCNC(=NCC(c1cccs1)N(C)C)N(C)Cc1cc(Br)cn1C.I. The van der Waals surface area contributed by atoms with Crippen LogP contribution in [-0.2, 0) is 13.6 Å². The third-order valence-corrected chi connectivity index (χ3v) is 5.49. The van der Waals surface area contributed by atoms with Crippen molar-refractivity contribution < 1.29 is 0 Å². The Bertz CT molecular complexity index is 684. The van der Waals surface area contributed by atoms with Gasteiger partial charge in [-0.1, -0.05) is 6.07 Å². The minimum absolute atomic E-state index is 0. The quantitative estimate of drug-likeness (QED) is 0.317. The molecular weight excluding hydrogens is 525 g/mol. The lowest BCUT2D eigenvalue weighted by Crippen LogP contribution is -2.39. The van der Waals surface area contributed by atoms with Gasteiger partial charge in [0.15, 0.2) is 5.96 Å². The molecule has 8 heteroatoms. The Morgan fingerprint density at radius 1 is 1.38 bits per heavy atom. The Kier molecular flexibility index (Phi) is 10.2. The molecule has 26 heavy (non-hydrogen) atoms. The van der Waals surface area contributed by atoms with Crippen LogP contribution in [0.3, 0.4) is 0 Å². The summed E-state index contributed by atoms with van der Waals surface area (Å²) in [5, 5.41) is 5.53. The van der Waals surface area contributed by atoms with Crippen molar-refractivity contribution >= 4 is 57.2 Å². The summed E-state index contributed by atoms with van der Waals surface area (Å²) in [6.45, 7) is 4.49. The zero-order chi connectivity index (χ0) is 18.4. The molecule has 1 unspecified atom stereocenters. The van der Waals surface area contributed by atoms with Crippen molar-refractivity contribution in [3.05, 3.63) is 44.8 Å². The molecule has 0 saturated carbocycles. The van der Waals surface area contributed by atoms with E-state index < -0.39 is 0 Å². The van der Waals surface area contributed by atoms with Crippen LogP contribution in [0.25, 0.3) is 0 Å². The molecule has 0 aliphatic heterocycles. The highest BCUT2D eigenvalue weighted by Crippen LogP contribution is 2.23.